The third-order valence-corrected chi connectivity index (χ3v) is 2.95. The number of aromatic nitrogens is 2. The number of aromatic amines is 1. The molecule has 0 aliphatic carbocycles. The van der Waals surface area contributed by atoms with Gasteiger partial charge >= 0.3 is 0 Å². The van der Waals surface area contributed by atoms with Crippen molar-refractivity contribution in [2.75, 3.05) is 0 Å². The van der Waals surface area contributed by atoms with Gasteiger partial charge < -0.3 is 11.1 Å². The number of carbonyl (C=O) groups is 1. The molecule has 0 radical (unpaired) electrons. The Morgan fingerprint density at radius 3 is 2.84 bits per heavy atom. The van der Waals surface area contributed by atoms with Crippen LogP contribution in [0, 0.1) is 0 Å². The van der Waals surface area contributed by atoms with Crippen LogP contribution >= 0.6 is 0 Å². The maximum Gasteiger partial charge on any atom is 0.220 e. The van der Waals surface area contributed by atoms with Crippen LogP contribution in [0.1, 0.15) is 30.0 Å². The third kappa shape index (κ3) is 4.22. The van der Waals surface area contributed by atoms with Crippen molar-refractivity contribution in [1.82, 2.24) is 15.5 Å². The largest absolute Gasteiger partial charge is 0.352 e. The summed E-state index contributed by atoms with van der Waals surface area (Å²) in [6, 6.07) is 9.72. The van der Waals surface area contributed by atoms with Gasteiger partial charge in [-0.15, -0.1) is 0 Å². The molecule has 1 unspecified atom stereocenters. The molecular weight excluding hydrogens is 240 g/mol. The Morgan fingerprint density at radius 1 is 1.37 bits per heavy atom. The number of nitrogens with two attached hydrogens (primary N) is 1. The van der Waals surface area contributed by atoms with Gasteiger partial charge in [-0.05, 0) is 12.0 Å². The normalized spacial score (nSPS) is 12.1. The standard InChI is InChI=1S/C14H18N4O/c15-13(12-4-2-1-3-5-12)6-7-14(19)16-8-11-9-17-18-10-11/h1-5,9-10,13H,6-8,15H2,(H,16,19)(H,17,18). The summed E-state index contributed by atoms with van der Waals surface area (Å²) in [5.74, 6) is 0.00702. The molecule has 0 aliphatic heterocycles. The number of amides is 1. The van der Waals surface area contributed by atoms with Gasteiger partial charge in [-0.25, -0.2) is 0 Å². The minimum absolute atomic E-state index is 0.00702. The average molecular weight is 258 g/mol. The second-order valence-corrected chi connectivity index (χ2v) is 4.44. The fourth-order valence-electron chi connectivity index (χ4n) is 1.82. The maximum absolute atomic E-state index is 11.7. The Kier molecular flexibility index (Phi) is 4.69. The monoisotopic (exact) mass is 258 g/mol. The van der Waals surface area contributed by atoms with Gasteiger partial charge in [0.1, 0.15) is 0 Å². The Labute approximate surface area is 112 Å². The smallest absolute Gasteiger partial charge is 0.220 e. The minimum Gasteiger partial charge on any atom is -0.352 e. The molecule has 0 bridgehead atoms. The number of carbonyl (C=O) groups excluding carboxylic acids is 1. The Hall–Kier alpha value is -2.14. The van der Waals surface area contributed by atoms with E-state index >= 15 is 0 Å². The van der Waals surface area contributed by atoms with E-state index in [0.29, 0.717) is 19.4 Å². The van der Waals surface area contributed by atoms with Crippen LogP contribution in [0.15, 0.2) is 42.7 Å². The Bertz CT molecular complexity index is 495. The number of nitrogens with zero attached hydrogens (tertiary/aromatic N) is 1. The molecule has 5 heteroatoms. The zero-order chi connectivity index (χ0) is 13.5. The number of rotatable bonds is 6. The molecule has 2 rings (SSSR count). The van der Waals surface area contributed by atoms with E-state index in [9.17, 15) is 4.79 Å². The van der Waals surface area contributed by atoms with Crippen LogP contribution in [0.5, 0.6) is 0 Å². The van der Waals surface area contributed by atoms with Gasteiger partial charge in [-0.3, -0.25) is 9.89 Å². The lowest BCUT2D eigenvalue weighted by Crippen LogP contribution is -2.23. The number of hydrogen-bond donors (Lipinski definition) is 3. The molecule has 1 aromatic heterocycles. The second kappa shape index (κ2) is 6.70. The topological polar surface area (TPSA) is 83.8 Å². The molecule has 0 aliphatic rings. The lowest BCUT2D eigenvalue weighted by atomic mass is 10.0. The van der Waals surface area contributed by atoms with Gasteiger partial charge in [0.25, 0.3) is 0 Å². The molecule has 19 heavy (non-hydrogen) atoms. The fraction of sp³-hybridized carbons (Fsp3) is 0.286. The van der Waals surface area contributed by atoms with Crippen LogP contribution in [-0.2, 0) is 11.3 Å². The summed E-state index contributed by atoms with van der Waals surface area (Å²) in [6.45, 7) is 0.496. The summed E-state index contributed by atoms with van der Waals surface area (Å²) in [4.78, 5) is 11.7. The number of nitrogens with one attached hydrogen (secondary N) is 2. The summed E-state index contributed by atoms with van der Waals surface area (Å²) in [7, 11) is 0. The predicted molar refractivity (Wildman–Crippen MR) is 73.0 cm³/mol. The highest BCUT2D eigenvalue weighted by Gasteiger charge is 2.08. The second-order valence-electron chi connectivity index (χ2n) is 4.44. The number of benzene rings is 1. The maximum atomic E-state index is 11.7. The first-order valence-corrected chi connectivity index (χ1v) is 6.30. The quantitative estimate of drug-likeness (QED) is 0.734. The van der Waals surface area contributed by atoms with Gasteiger partial charge in [-0.1, -0.05) is 30.3 Å². The van der Waals surface area contributed by atoms with Gasteiger partial charge in [0.15, 0.2) is 0 Å². The minimum atomic E-state index is -0.0964. The Morgan fingerprint density at radius 2 is 2.16 bits per heavy atom. The molecule has 1 heterocycles. The molecule has 0 spiro atoms. The van der Waals surface area contributed by atoms with Gasteiger partial charge in [0.05, 0.1) is 6.20 Å². The zero-order valence-electron chi connectivity index (χ0n) is 10.7. The first kappa shape index (κ1) is 13.3. The molecule has 0 saturated carbocycles. The van der Waals surface area contributed by atoms with E-state index < -0.39 is 0 Å². The molecular formula is C14H18N4O. The van der Waals surface area contributed by atoms with Gasteiger partial charge in [-0.2, -0.15) is 5.10 Å². The molecule has 4 N–H and O–H groups in total. The summed E-state index contributed by atoms with van der Waals surface area (Å²) in [5, 5.41) is 9.36. The summed E-state index contributed by atoms with van der Waals surface area (Å²) in [6.07, 6.45) is 4.51. The molecule has 1 atom stereocenters. The van der Waals surface area contributed by atoms with E-state index in [2.05, 4.69) is 15.5 Å². The van der Waals surface area contributed by atoms with Gasteiger partial charge in [0, 0.05) is 30.8 Å². The molecule has 1 aromatic carbocycles. The van der Waals surface area contributed by atoms with Crippen LogP contribution in [0.4, 0.5) is 0 Å². The van der Waals surface area contributed by atoms with E-state index in [4.69, 9.17) is 5.73 Å². The number of H-pyrrole nitrogens is 1. The van der Waals surface area contributed by atoms with E-state index in [0.717, 1.165) is 11.1 Å². The van der Waals surface area contributed by atoms with Crippen molar-refractivity contribution in [3.63, 3.8) is 0 Å². The van der Waals surface area contributed by atoms with E-state index in [1.54, 1.807) is 12.4 Å². The highest BCUT2D eigenvalue weighted by atomic mass is 16.1. The molecule has 100 valence electrons. The molecule has 0 saturated heterocycles. The third-order valence-electron chi connectivity index (χ3n) is 2.95. The van der Waals surface area contributed by atoms with Crippen LogP contribution < -0.4 is 11.1 Å². The summed E-state index contributed by atoms with van der Waals surface area (Å²) < 4.78 is 0. The SMILES string of the molecule is NC(CCC(=O)NCc1cn[nH]c1)c1ccccc1. The molecule has 2 aromatic rings. The van der Waals surface area contributed by atoms with Crippen LogP contribution in [-0.4, -0.2) is 16.1 Å². The van der Waals surface area contributed by atoms with Crippen molar-refractivity contribution in [3.8, 4) is 0 Å². The highest BCUT2D eigenvalue weighted by Crippen LogP contribution is 2.14. The first-order valence-electron chi connectivity index (χ1n) is 6.30. The van der Waals surface area contributed by atoms with Crippen LogP contribution in [0.25, 0.3) is 0 Å². The summed E-state index contributed by atoms with van der Waals surface area (Å²) >= 11 is 0. The van der Waals surface area contributed by atoms with Crippen LogP contribution in [0.2, 0.25) is 0 Å². The number of hydrogen-bond acceptors (Lipinski definition) is 3. The van der Waals surface area contributed by atoms with Crippen molar-refractivity contribution in [2.24, 2.45) is 5.73 Å². The fourth-order valence-corrected chi connectivity index (χ4v) is 1.82. The highest BCUT2D eigenvalue weighted by molar-refractivity contribution is 5.75. The zero-order valence-corrected chi connectivity index (χ0v) is 10.7. The van der Waals surface area contributed by atoms with Gasteiger partial charge in [0.2, 0.25) is 5.91 Å². The molecule has 5 nitrogen and oxygen atoms in total. The molecule has 1 amide bonds. The first-order chi connectivity index (χ1) is 9.25. The van der Waals surface area contributed by atoms with E-state index in [-0.39, 0.29) is 11.9 Å². The summed E-state index contributed by atoms with van der Waals surface area (Å²) in [5.41, 5.74) is 8.06. The van der Waals surface area contributed by atoms with Crippen molar-refractivity contribution >= 4 is 5.91 Å². The lowest BCUT2D eigenvalue weighted by molar-refractivity contribution is -0.121. The van der Waals surface area contributed by atoms with Crippen molar-refractivity contribution in [1.29, 1.82) is 0 Å². The van der Waals surface area contributed by atoms with Crippen molar-refractivity contribution < 1.29 is 4.79 Å². The molecule has 0 fully saturated rings. The average Bonchev–Trinajstić information content (AvgIpc) is 2.96. The predicted octanol–water partition coefficient (Wildman–Crippen LogP) is 1.51. The van der Waals surface area contributed by atoms with Crippen LogP contribution in [0.3, 0.4) is 0 Å². The van der Waals surface area contributed by atoms with E-state index in [1.165, 1.54) is 0 Å². The Balaban J connectivity index is 1.71. The van der Waals surface area contributed by atoms with E-state index in [1.807, 2.05) is 30.3 Å². The van der Waals surface area contributed by atoms with Crippen molar-refractivity contribution in [3.05, 3.63) is 53.9 Å². The van der Waals surface area contributed by atoms with Crippen molar-refractivity contribution in [2.45, 2.75) is 25.4 Å². The lowest BCUT2D eigenvalue weighted by Gasteiger charge is -2.11.